The Kier molecular flexibility index (Phi) is 4.69. The van der Waals surface area contributed by atoms with E-state index in [1.54, 1.807) is 6.07 Å². The molecule has 0 bridgehead atoms. The van der Waals surface area contributed by atoms with E-state index in [1.165, 1.54) is 23.9 Å². The second kappa shape index (κ2) is 7.15. The Bertz CT molecular complexity index is 928. The standard InChI is InChI=1S/C18H13F3N2O3S/c19-18(20,21)12-7-5-11(6-8-12)10-27-17-23-22-16(26-17)15-9-24-13-3-1-2-4-14(13)25-15/h1-8,15H,9-10H2. The second-order valence-electron chi connectivity index (χ2n) is 5.75. The molecule has 27 heavy (non-hydrogen) atoms. The van der Waals surface area contributed by atoms with Gasteiger partial charge in [0.15, 0.2) is 11.5 Å². The number of alkyl halides is 3. The molecule has 4 rings (SSSR count). The molecule has 140 valence electrons. The normalized spacial score (nSPS) is 16.3. The highest BCUT2D eigenvalue weighted by atomic mass is 32.2. The van der Waals surface area contributed by atoms with E-state index in [-0.39, 0.29) is 6.61 Å². The molecule has 5 nitrogen and oxygen atoms in total. The maximum absolute atomic E-state index is 12.6. The van der Waals surface area contributed by atoms with Crippen molar-refractivity contribution in [3.8, 4) is 11.5 Å². The lowest BCUT2D eigenvalue weighted by molar-refractivity contribution is -0.137. The molecule has 1 aromatic heterocycles. The van der Waals surface area contributed by atoms with E-state index in [2.05, 4.69) is 10.2 Å². The summed E-state index contributed by atoms with van der Waals surface area (Å²) in [5.74, 6) is 1.96. The van der Waals surface area contributed by atoms with Crippen LogP contribution in [0.3, 0.4) is 0 Å². The molecule has 2 aromatic carbocycles. The van der Waals surface area contributed by atoms with Crippen molar-refractivity contribution in [3.63, 3.8) is 0 Å². The molecule has 3 aromatic rings. The SMILES string of the molecule is FC(F)(F)c1ccc(CSc2nnc(C3COc4ccccc4O3)o2)cc1. The third kappa shape index (κ3) is 4.02. The first-order valence-electron chi connectivity index (χ1n) is 8.00. The number of rotatable bonds is 4. The number of nitrogens with zero attached hydrogens (tertiary/aromatic N) is 2. The quantitative estimate of drug-likeness (QED) is 0.587. The lowest BCUT2D eigenvalue weighted by Gasteiger charge is -2.23. The minimum atomic E-state index is -4.34. The van der Waals surface area contributed by atoms with Gasteiger partial charge in [0.1, 0.15) is 6.61 Å². The summed E-state index contributed by atoms with van der Waals surface area (Å²) in [6.07, 6.45) is -4.85. The molecule has 1 aliphatic rings. The van der Waals surface area contributed by atoms with Crippen LogP contribution in [0.2, 0.25) is 0 Å². The minimum Gasteiger partial charge on any atom is -0.485 e. The molecule has 0 fully saturated rings. The second-order valence-corrected chi connectivity index (χ2v) is 6.68. The van der Waals surface area contributed by atoms with Crippen molar-refractivity contribution in [3.05, 3.63) is 65.5 Å². The average Bonchev–Trinajstić information content (AvgIpc) is 3.15. The monoisotopic (exact) mass is 394 g/mol. The Morgan fingerprint density at radius 3 is 2.48 bits per heavy atom. The zero-order valence-corrected chi connectivity index (χ0v) is 14.6. The number of thioether (sulfide) groups is 1. The van der Waals surface area contributed by atoms with E-state index in [1.807, 2.05) is 18.2 Å². The van der Waals surface area contributed by atoms with Crippen molar-refractivity contribution < 1.29 is 27.1 Å². The molecule has 0 N–H and O–H groups in total. The van der Waals surface area contributed by atoms with Gasteiger partial charge in [-0.1, -0.05) is 36.0 Å². The number of ether oxygens (including phenoxy) is 2. The molecule has 0 saturated heterocycles. The molecule has 0 saturated carbocycles. The summed E-state index contributed by atoms with van der Waals surface area (Å²) in [5, 5.41) is 8.24. The summed E-state index contributed by atoms with van der Waals surface area (Å²) in [4.78, 5) is 0. The van der Waals surface area contributed by atoms with E-state index in [0.717, 1.165) is 17.7 Å². The number of hydrogen-bond acceptors (Lipinski definition) is 6. The van der Waals surface area contributed by atoms with Crippen molar-refractivity contribution in [1.29, 1.82) is 0 Å². The average molecular weight is 394 g/mol. The largest absolute Gasteiger partial charge is 0.485 e. The zero-order valence-electron chi connectivity index (χ0n) is 13.8. The third-order valence-corrected chi connectivity index (χ3v) is 4.74. The Hall–Kier alpha value is -2.68. The summed E-state index contributed by atoms with van der Waals surface area (Å²) < 4.78 is 54.8. The summed E-state index contributed by atoms with van der Waals surface area (Å²) in [5.41, 5.74) is 0.0463. The minimum absolute atomic E-state index is 0.252. The van der Waals surface area contributed by atoms with Gasteiger partial charge in [-0.05, 0) is 29.8 Å². The molecule has 0 amide bonds. The van der Waals surface area contributed by atoms with Gasteiger partial charge in [0.2, 0.25) is 6.10 Å². The van der Waals surface area contributed by atoms with Crippen LogP contribution in [0.25, 0.3) is 0 Å². The summed E-state index contributed by atoms with van der Waals surface area (Å²) >= 11 is 1.24. The van der Waals surface area contributed by atoms with Crippen molar-refractivity contribution in [2.24, 2.45) is 0 Å². The van der Waals surface area contributed by atoms with Gasteiger partial charge in [-0.25, -0.2) is 0 Å². The maximum Gasteiger partial charge on any atom is 0.416 e. The molecular weight excluding hydrogens is 381 g/mol. The Balaban J connectivity index is 1.37. The fourth-order valence-corrected chi connectivity index (χ4v) is 3.21. The van der Waals surface area contributed by atoms with Gasteiger partial charge in [-0.3, -0.25) is 0 Å². The lowest BCUT2D eigenvalue weighted by atomic mass is 10.1. The fourth-order valence-electron chi connectivity index (χ4n) is 2.49. The van der Waals surface area contributed by atoms with Gasteiger partial charge in [-0.2, -0.15) is 13.2 Å². The molecule has 1 atom stereocenters. The molecule has 2 heterocycles. The van der Waals surface area contributed by atoms with Gasteiger partial charge in [-0.15, -0.1) is 10.2 Å². The predicted octanol–water partition coefficient (Wildman–Crippen LogP) is 4.89. The number of aromatic nitrogens is 2. The highest BCUT2D eigenvalue weighted by molar-refractivity contribution is 7.98. The van der Waals surface area contributed by atoms with Crippen molar-refractivity contribution in [2.75, 3.05) is 6.61 Å². The number of fused-ring (bicyclic) bond motifs is 1. The van der Waals surface area contributed by atoms with Crippen LogP contribution in [0, 0.1) is 0 Å². The highest BCUT2D eigenvalue weighted by Gasteiger charge is 2.30. The zero-order chi connectivity index (χ0) is 18.9. The molecular formula is C18H13F3N2O3S. The van der Waals surface area contributed by atoms with Gasteiger partial charge in [0.05, 0.1) is 5.56 Å². The van der Waals surface area contributed by atoms with Crippen LogP contribution in [0.1, 0.15) is 23.1 Å². The number of benzene rings is 2. The molecule has 1 aliphatic heterocycles. The fraction of sp³-hybridized carbons (Fsp3) is 0.222. The Morgan fingerprint density at radius 1 is 1.00 bits per heavy atom. The van der Waals surface area contributed by atoms with Gasteiger partial charge in [0.25, 0.3) is 11.1 Å². The molecule has 0 aliphatic carbocycles. The van der Waals surface area contributed by atoms with E-state index < -0.39 is 17.8 Å². The first kappa shape index (κ1) is 17.7. The van der Waals surface area contributed by atoms with Crippen molar-refractivity contribution >= 4 is 11.8 Å². The van der Waals surface area contributed by atoms with E-state index in [4.69, 9.17) is 13.9 Å². The van der Waals surface area contributed by atoms with E-state index in [9.17, 15) is 13.2 Å². The molecule has 1 unspecified atom stereocenters. The summed E-state index contributed by atoms with van der Waals surface area (Å²) in [6.45, 7) is 0.252. The van der Waals surface area contributed by atoms with Gasteiger partial charge >= 0.3 is 6.18 Å². The molecule has 0 radical (unpaired) electrons. The number of hydrogen-bond donors (Lipinski definition) is 0. The summed E-state index contributed by atoms with van der Waals surface area (Å²) in [6, 6.07) is 12.3. The van der Waals surface area contributed by atoms with Crippen LogP contribution in [0.4, 0.5) is 13.2 Å². The first-order chi connectivity index (χ1) is 13.0. The van der Waals surface area contributed by atoms with E-state index in [0.29, 0.717) is 28.4 Å². The van der Waals surface area contributed by atoms with Crippen LogP contribution < -0.4 is 9.47 Å². The summed E-state index contributed by atoms with van der Waals surface area (Å²) in [7, 11) is 0. The van der Waals surface area contributed by atoms with Crippen molar-refractivity contribution in [1.82, 2.24) is 10.2 Å². The first-order valence-corrected chi connectivity index (χ1v) is 8.98. The smallest absolute Gasteiger partial charge is 0.416 e. The maximum atomic E-state index is 12.6. The van der Waals surface area contributed by atoms with Crippen molar-refractivity contribution in [2.45, 2.75) is 23.3 Å². The van der Waals surface area contributed by atoms with Gasteiger partial charge < -0.3 is 13.9 Å². The van der Waals surface area contributed by atoms with Crippen LogP contribution in [0.5, 0.6) is 11.5 Å². The van der Waals surface area contributed by atoms with E-state index >= 15 is 0 Å². The van der Waals surface area contributed by atoms with Crippen LogP contribution in [-0.2, 0) is 11.9 Å². The van der Waals surface area contributed by atoms with Crippen LogP contribution in [-0.4, -0.2) is 16.8 Å². The molecule has 0 spiro atoms. The number of halogens is 3. The Morgan fingerprint density at radius 2 is 1.74 bits per heavy atom. The Labute approximate surface area is 156 Å². The highest BCUT2D eigenvalue weighted by Crippen LogP contribution is 2.36. The van der Waals surface area contributed by atoms with Crippen LogP contribution in [0.15, 0.2) is 58.2 Å². The third-order valence-electron chi connectivity index (χ3n) is 3.85. The predicted molar refractivity (Wildman–Crippen MR) is 90.6 cm³/mol. The van der Waals surface area contributed by atoms with Gasteiger partial charge in [0, 0.05) is 5.75 Å². The lowest BCUT2D eigenvalue weighted by Crippen LogP contribution is -2.21. The van der Waals surface area contributed by atoms with Crippen LogP contribution >= 0.6 is 11.8 Å². The topological polar surface area (TPSA) is 57.4 Å². The molecule has 9 heteroatoms. The number of para-hydroxylation sites is 2.